The summed E-state index contributed by atoms with van der Waals surface area (Å²) in [5.41, 5.74) is 3.78. The molecule has 0 fully saturated rings. The molecule has 6 nitrogen and oxygen atoms in total. The summed E-state index contributed by atoms with van der Waals surface area (Å²) >= 11 is 0. The number of amides is 1. The second-order valence-corrected chi connectivity index (χ2v) is 4.68. The van der Waals surface area contributed by atoms with Crippen molar-refractivity contribution in [3.8, 4) is 0 Å². The summed E-state index contributed by atoms with van der Waals surface area (Å²) in [6.07, 6.45) is 3.04. The van der Waals surface area contributed by atoms with Crippen molar-refractivity contribution in [1.29, 1.82) is 0 Å². The van der Waals surface area contributed by atoms with Gasteiger partial charge in [0.1, 0.15) is 6.17 Å². The Morgan fingerprint density at radius 1 is 1.35 bits per heavy atom. The van der Waals surface area contributed by atoms with Crippen molar-refractivity contribution in [2.75, 3.05) is 0 Å². The van der Waals surface area contributed by atoms with Gasteiger partial charge in [0, 0.05) is 18.8 Å². The van der Waals surface area contributed by atoms with E-state index in [1.165, 1.54) is 0 Å². The summed E-state index contributed by atoms with van der Waals surface area (Å²) in [5, 5.41) is 0. The monoisotopic (exact) mass is 285 g/mol. The fourth-order valence-corrected chi connectivity index (χ4v) is 1.98. The largest absolute Gasteiger partial charge is 0.351 e. The third kappa shape index (κ3) is 4.32. The summed E-state index contributed by atoms with van der Waals surface area (Å²) in [6, 6.07) is 0.178. The topological polar surface area (TPSA) is 87.1 Å². The van der Waals surface area contributed by atoms with Crippen LogP contribution in [0.2, 0.25) is 0 Å². The van der Waals surface area contributed by atoms with Crippen molar-refractivity contribution in [2.24, 2.45) is 5.73 Å². The molecular weight excluding hydrogens is 265 g/mol. The Morgan fingerprint density at radius 3 is 2.65 bits per heavy atom. The SMILES string of the molecule is CCCC(F)CCCCn1c(=O)ccn(C(N)=O)c1=O. The zero-order chi connectivity index (χ0) is 15.1. The molecule has 0 saturated carbocycles. The van der Waals surface area contributed by atoms with Crippen LogP contribution in [0.25, 0.3) is 0 Å². The number of nitrogens with two attached hydrogens (primary N) is 1. The summed E-state index contributed by atoms with van der Waals surface area (Å²) in [7, 11) is 0. The number of halogens is 1. The first-order valence-corrected chi connectivity index (χ1v) is 6.73. The highest BCUT2D eigenvalue weighted by atomic mass is 19.1. The number of unbranched alkanes of at least 4 members (excludes halogenated alkanes) is 1. The fourth-order valence-electron chi connectivity index (χ4n) is 1.98. The standard InChI is InChI=1S/C13H20FN3O3/c1-2-5-10(14)6-3-4-8-16-11(18)7-9-17(12(15)19)13(16)20/h7,9-10H,2-6,8H2,1H3,(H2,15,19). The molecule has 0 radical (unpaired) electrons. The lowest BCUT2D eigenvalue weighted by atomic mass is 10.1. The molecule has 0 aliphatic rings. The third-order valence-electron chi connectivity index (χ3n) is 3.06. The second kappa shape index (κ2) is 7.62. The molecule has 1 heterocycles. The van der Waals surface area contributed by atoms with Gasteiger partial charge in [-0.25, -0.2) is 18.5 Å². The summed E-state index contributed by atoms with van der Waals surface area (Å²) in [6.45, 7) is 2.08. The van der Waals surface area contributed by atoms with Gasteiger partial charge in [0.2, 0.25) is 0 Å². The van der Waals surface area contributed by atoms with E-state index in [0.29, 0.717) is 30.3 Å². The van der Waals surface area contributed by atoms with E-state index in [1.807, 2.05) is 6.92 Å². The first-order chi connectivity index (χ1) is 9.47. The molecule has 0 spiro atoms. The van der Waals surface area contributed by atoms with Crippen molar-refractivity contribution in [1.82, 2.24) is 9.13 Å². The minimum atomic E-state index is -0.935. The molecule has 7 heteroatoms. The minimum absolute atomic E-state index is 0.157. The number of carbonyl (C=O) groups is 1. The van der Waals surface area contributed by atoms with Crippen LogP contribution in [0.15, 0.2) is 21.9 Å². The predicted molar refractivity (Wildman–Crippen MR) is 73.6 cm³/mol. The van der Waals surface area contributed by atoms with E-state index in [-0.39, 0.29) is 6.54 Å². The van der Waals surface area contributed by atoms with E-state index in [4.69, 9.17) is 5.73 Å². The Morgan fingerprint density at radius 2 is 2.05 bits per heavy atom. The highest BCUT2D eigenvalue weighted by Crippen LogP contribution is 2.10. The number of carbonyl (C=O) groups excluding carboxylic acids is 1. The Hall–Kier alpha value is -1.92. The normalized spacial score (nSPS) is 12.3. The van der Waals surface area contributed by atoms with Crippen LogP contribution in [0, 0.1) is 0 Å². The third-order valence-corrected chi connectivity index (χ3v) is 3.06. The maximum absolute atomic E-state index is 13.3. The molecule has 0 aliphatic carbocycles. The molecule has 0 bridgehead atoms. The van der Waals surface area contributed by atoms with Gasteiger partial charge in [-0.15, -0.1) is 0 Å². The average Bonchev–Trinajstić information content (AvgIpc) is 2.37. The van der Waals surface area contributed by atoms with Gasteiger partial charge in [-0.05, 0) is 25.7 Å². The number of hydrogen-bond donors (Lipinski definition) is 1. The molecule has 0 aromatic carbocycles. The first-order valence-electron chi connectivity index (χ1n) is 6.73. The molecule has 112 valence electrons. The zero-order valence-corrected chi connectivity index (χ0v) is 11.5. The number of primary amides is 1. The number of hydrogen-bond acceptors (Lipinski definition) is 3. The van der Waals surface area contributed by atoms with Crippen LogP contribution in [0.4, 0.5) is 9.18 Å². The molecule has 1 unspecified atom stereocenters. The molecule has 1 atom stereocenters. The molecule has 20 heavy (non-hydrogen) atoms. The Balaban J connectivity index is 2.65. The van der Waals surface area contributed by atoms with Crippen LogP contribution >= 0.6 is 0 Å². The lowest BCUT2D eigenvalue weighted by Crippen LogP contribution is -2.43. The van der Waals surface area contributed by atoms with Crippen LogP contribution in [-0.4, -0.2) is 21.3 Å². The van der Waals surface area contributed by atoms with Gasteiger partial charge in [0.05, 0.1) is 0 Å². The van der Waals surface area contributed by atoms with Gasteiger partial charge in [0.25, 0.3) is 5.56 Å². The Labute approximate surface area is 116 Å². The number of alkyl halides is 1. The quantitative estimate of drug-likeness (QED) is 0.765. The van der Waals surface area contributed by atoms with E-state index in [0.717, 1.165) is 23.3 Å². The van der Waals surface area contributed by atoms with Crippen LogP contribution in [0.3, 0.4) is 0 Å². The average molecular weight is 285 g/mol. The lowest BCUT2D eigenvalue weighted by molar-refractivity contribution is 0.248. The number of aromatic nitrogens is 2. The van der Waals surface area contributed by atoms with Gasteiger partial charge in [0.15, 0.2) is 0 Å². The molecule has 1 rings (SSSR count). The Kier molecular flexibility index (Phi) is 6.14. The maximum Gasteiger partial charge on any atom is 0.339 e. The second-order valence-electron chi connectivity index (χ2n) is 4.68. The molecular formula is C13H20FN3O3. The lowest BCUT2D eigenvalue weighted by Gasteiger charge is -2.08. The van der Waals surface area contributed by atoms with Crippen molar-refractivity contribution < 1.29 is 9.18 Å². The van der Waals surface area contributed by atoms with E-state index < -0.39 is 23.5 Å². The number of nitrogens with zero attached hydrogens (tertiary/aromatic N) is 2. The van der Waals surface area contributed by atoms with Crippen LogP contribution in [-0.2, 0) is 6.54 Å². The molecule has 1 amide bonds. The fraction of sp³-hybridized carbons (Fsp3) is 0.615. The van der Waals surface area contributed by atoms with E-state index in [2.05, 4.69) is 0 Å². The van der Waals surface area contributed by atoms with Crippen LogP contribution in [0.5, 0.6) is 0 Å². The smallest absolute Gasteiger partial charge is 0.339 e. The summed E-state index contributed by atoms with van der Waals surface area (Å²) in [5.74, 6) is 0. The highest BCUT2D eigenvalue weighted by Gasteiger charge is 2.09. The molecule has 0 saturated heterocycles. The summed E-state index contributed by atoms with van der Waals surface area (Å²) < 4.78 is 14.9. The zero-order valence-electron chi connectivity index (χ0n) is 11.5. The highest BCUT2D eigenvalue weighted by molar-refractivity contribution is 5.74. The van der Waals surface area contributed by atoms with Gasteiger partial charge >= 0.3 is 11.7 Å². The van der Waals surface area contributed by atoms with Crippen LogP contribution in [0.1, 0.15) is 39.0 Å². The van der Waals surface area contributed by atoms with E-state index in [1.54, 1.807) is 0 Å². The van der Waals surface area contributed by atoms with Crippen molar-refractivity contribution in [3.63, 3.8) is 0 Å². The van der Waals surface area contributed by atoms with Crippen molar-refractivity contribution >= 4 is 6.03 Å². The predicted octanol–water partition coefficient (Wildman–Crippen LogP) is 1.25. The molecule has 1 aromatic rings. The maximum atomic E-state index is 13.3. The molecule has 0 aliphatic heterocycles. The molecule has 1 aromatic heterocycles. The van der Waals surface area contributed by atoms with Gasteiger partial charge in [-0.3, -0.25) is 9.36 Å². The van der Waals surface area contributed by atoms with Gasteiger partial charge in [-0.1, -0.05) is 13.3 Å². The van der Waals surface area contributed by atoms with E-state index >= 15 is 0 Å². The first kappa shape index (κ1) is 16.1. The minimum Gasteiger partial charge on any atom is -0.351 e. The van der Waals surface area contributed by atoms with E-state index in [9.17, 15) is 18.8 Å². The van der Waals surface area contributed by atoms with Crippen molar-refractivity contribution in [2.45, 2.75) is 51.7 Å². The van der Waals surface area contributed by atoms with Crippen molar-refractivity contribution in [3.05, 3.63) is 33.1 Å². The Bertz CT molecular complexity index is 565. The molecule has 2 N–H and O–H groups in total. The summed E-state index contributed by atoms with van der Waals surface area (Å²) in [4.78, 5) is 34.4. The van der Waals surface area contributed by atoms with Gasteiger partial charge < -0.3 is 5.73 Å². The number of rotatable bonds is 7. The van der Waals surface area contributed by atoms with Crippen LogP contribution < -0.4 is 17.0 Å². The van der Waals surface area contributed by atoms with Gasteiger partial charge in [-0.2, -0.15) is 0 Å².